The fraction of sp³-hybridized carbons (Fsp3) is 0.444. The molecule has 0 atom stereocenters. The normalized spacial score (nSPS) is 11.6. The summed E-state index contributed by atoms with van der Waals surface area (Å²) in [7, 11) is 0. The Morgan fingerprint density at radius 3 is 2.56 bits per heavy atom. The van der Waals surface area contributed by atoms with Crippen LogP contribution in [0.4, 0.5) is 0 Å². The minimum absolute atomic E-state index is 0.146. The molecule has 0 radical (unpaired) electrons. The van der Waals surface area contributed by atoms with Crippen LogP contribution in [0.25, 0.3) is 16.9 Å². The predicted molar refractivity (Wildman–Crippen MR) is 98.2 cm³/mol. The van der Waals surface area contributed by atoms with Crippen LogP contribution in [0.2, 0.25) is 0 Å². The summed E-state index contributed by atoms with van der Waals surface area (Å²) >= 11 is 0. The van der Waals surface area contributed by atoms with E-state index in [1.807, 2.05) is 25.1 Å². The fourth-order valence-electron chi connectivity index (χ4n) is 2.82. The monoisotopic (exact) mass is 340 g/mol. The first-order valence-corrected chi connectivity index (χ1v) is 8.66. The van der Waals surface area contributed by atoms with Gasteiger partial charge >= 0.3 is 0 Å². The van der Waals surface area contributed by atoms with Crippen molar-refractivity contribution in [2.75, 3.05) is 19.6 Å². The Kier molecular flexibility index (Phi) is 4.94. The first kappa shape index (κ1) is 17.3. The molecular formula is C18H24N6O. The van der Waals surface area contributed by atoms with E-state index in [0.29, 0.717) is 17.7 Å². The van der Waals surface area contributed by atoms with E-state index in [9.17, 15) is 4.79 Å². The highest BCUT2D eigenvalue weighted by Gasteiger charge is 2.14. The highest BCUT2D eigenvalue weighted by atomic mass is 16.1. The third-order valence-corrected chi connectivity index (χ3v) is 4.72. The molecule has 7 heteroatoms. The largest absolute Gasteiger partial charge is 0.302 e. The van der Waals surface area contributed by atoms with Crippen molar-refractivity contribution in [1.82, 2.24) is 29.4 Å². The molecule has 0 bridgehead atoms. The standard InChI is InChI=1S/C18H24N6O/c1-5-22(6-2)9-10-23-12-19-17-16(18(23)25)20-21-24(17)15-8-7-13(3)14(4)11-15/h7-8,11-12H,5-6,9-10H2,1-4H3. The van der Waals surface area contributed by atoms with E-state index in [1.54, 1.807) is 15.6 Å². The average molecular weight is 340 g/mol. The molecule has 25 heavy (non-hydrogen) atoms. The molecule has 3 aromatic rings. The molecule has 0 aliphatic rings. The highest BCUT2D eigenvalue weighted by molar-refractivity contribution is 5.70. The van der Waals surface area contributed by atoms with E-state index in [0.717, 1.165) is 30.9 Å². The Morgan fingerprint density at radius 2 is 1.88 bits per heavy atom. The predicted octanol–water partition coefficient (Wildman–Crippen LogP) is 1.94. The Morgan fingerprint density at radius 1 is 1.12 bits per heavy atom. The van der Waals surface area contributed by atoms with E-state index in [-0.39, 0.29) is 5.56 Å². The van der Waals surface area contributed by atoms with Gasteiger partial charge in [-0.25, -0.2) is 4.98 Å². The van der Waals surface area contributed by atoms with Crippen molar-refractivity contribution in [3.63, 3.8) is 0 Å². The lowest BCUT2D eigenvalue weighted by atomic mass is 10.1. The van der Waals surface area contributed by atoms with Crippen molar-refractivity contribution in [2.45, 2.75) is 34.2 Å². The van der Waals surface area contributed by atoms with E-state index in [4.69, 9.17) is 0 Å². The van der Waals surface area contributed by atoms with Gasteiger partial charge in [-0.2, -0.15) is 4.68 Å². The van der Waals surface area contributed by atoms with Crippen molar-refractivity contribution in [3.05, 3.63) is 46.0 Å². The van der Waals surface area contributed by atoms with Gasteiger partial charge in [0.15, 0.2) is 11.2 Å². The number of aryl methyl sites for hydroxylation is 2. The molecule has 0 amide bonds. The van der Waals surface area contributed by atoms with Crippen molar-refractivity contribution in [1.29, 1.82) is 0 Å². The molecule has 0 fully saturated rings. The number of hydrogen-bond acceptors (Lipinski definition) is 5. The van der Waals surface area contributed by atoms with Gasteiger partial charge in [0.2, 0.25) is 0 Å². The second kappa shape index (κ2) is 7.14. The zero-order valence-electron chi connectivity index (χ0n) is 15.2. The van der Waals surface area contributed by atoms with Crippen molar-refractivity contribution < 1.29 is 0 Å². The molecular weight excluding hydrogens is 316 g/mol. The van der Waals surface area contributed by atoms with Crippen LogP contribution < -0.4 is 5.56 Å². The molecule has 2 aromatic heterocycles. The van der Waals surface area contributed by atoms with Gasteiger partial charge in [-0.1, -0.05) is 25.1 Å². The van der Waals surface area contributed by atoms with E-state index in [1.165, 1.54) is 5.56 Å². The molecule has 2 heterocycles. The minimum Gasteiger partial charge on any atom is -0.302 e. The third-order valence-electron chi connectivity index (χ3n) is 4.72. The number of likely N-dealkylation sites (N-methyl/N-ethyl adjacent to an activating group) is 1. The number of fused-ring (bicyclic) bond motifs is 1. The molecule has 0 spiro atoms. The van der Waals surface area contributed by atoms with Gasteiger partial charge in [0.25, 0.3) is 5.56 Å². The van der Waals surface area contributed by atoms with Crippen LogP contribution in [-0.4, -0.2) is 49.1 Å². The lowest BCUT2D eigenvalue weighted by Gasteiger charge is -2.18. The summed E-state index contributed by atoms with van der Waals surface area (Å²) in [4.78, 5) is 19.4. The number of aromatic nitrogens is 5. The van der Waals surface area contributed by atoms with Crippen LogP contribution in [-0.2, 0) is 6.54 Å². The molecule has 7 nitrogen and oxygen atoms in total. The summed E-state index contributed by atoms with van der Waals surface area (Å²) in [6.45, 7) is 11.7. The van der Waals surface area contributed by atoms with Crippen LogP contribution in [0.1, 0.15) is 25.0 Å². The minimum atomic E-state index is -0.146. The summed E-state index contributed by atoms with van der Waals surface area (Å²) in [6, 6.07) is 6.02. The number of rotatable bonds is 6. The average Bonchev–Trinajstić information content (AvgIpc) is 3.05. The van der Waals surface area contributed by atoms with Crippen molar-refractivity contribution in [3.8, 4) is 5.69 Å². The fourth-order valence-corrected chi connectivity index (χ4v) is 2.82. The van der Waals surface area contributed by atoms with Gasteiger partial charge in [0.05, 0.1) is 5.69 Å². The molecule has 0 saturated carbocycles. The second-order valence-corrected chi connectivity index (χ2v) is 6.21. The lowest BCUT2D eigenvalue weighted by Crippen LogP contribution is -2.31. The van der Waals surface area contributed by atoms with Gasteiger partial charge in [-0.3, -0.25) is 9.36 Å². The molecule has 0 N–H and O–H groups in total. The van der Waals surface area contributed by atoms with Crippen LogP contribution >= 0.6 is 0 Å². The molecule has 3 rings (SSSR count). The van der Waals surface area contributed by atoms with Gasteiger partial charge in [-0.15, -0.1) is 5.10 Å². The van der Waals surface area contributed by atoms with Gasteiger partial charge in [0.1, 0.15) is 6.33 Å². The lowest BCUT2D eigenvalue weighted by molar-refractivity contribution is 0.289. The van der Waals surface area contributed by atoms with E-state index >= 15 is 0 Å². The maximum absolute atomic E-state index is 12.7. The van der Waals surface area contributed by atoms with Crippen LogP contribution in [0, 0.1) is 13.8 Å². The molecule has 132 valence electrons. The second-order valence-electron chi connectivity index (χ2n) is 6.21. The van der Waals surface area contributed by atoms with E-state index < -0.39 is 0 Å². The summed E-state index contributed by atoms with van der Waals surface area (Å²) in [5.41, 5.74) is 3.88. The summed E-state index contributed by atoms with van der Waals surface area (Å²) in [6.07, 6.45) is 1.59. The Labute approximate surface area is 146 Å². The van der Waals surface area contributed by atoms with Gasteiger partial charge in [-0.05, 0) is 50.2 Å². The first-order valence-electron chi connectivity index (χ1n) is 8.66. The van der Waals surface area contributed by atoms with Crippen molar-refractivity contribution in [2.24, 2.45) is 0 Å². The quantitative estimate of drug-likeness (QED) is 0.686. The molecule has 0 unspecified atom stereocenters. The third kappa shape index (κ3) is 3.32. The summed E-state index contributed by atoms with van der Waals surface area (Å²) in [5.74, 6) is 0. The summed E-state index contributed by atoms with van der Waals surface area (Å²) in [5, 5.41) is 8.22. The van der Waals surface area contributed by atoms with Crippen LogP contribution in [0.3, 0.4) is 0 Å². The van der Waals surface area contributed by atoms with Gasteiger partial charge < -0.3 is 4.90 Å². The Bertz CT molecular complexity index is 938. The zero-order chi connectivity index (χ0) is 18.0. The molecule has 0 aliphatic heterocycles. The molecule has 1 aromatic carbocycles. The Balaban J connectivity index is 1.96. The van der Waals surface area contributed by atoms with E-state index in [2.05, 4.69) is 41.0 Å². The van der Waals surface area contributed by atoms with Crippen molar-refractivity contribution >= 4 is 11.2 Å². The number of hydrogen-bond donors (Lipinski definition) is 0. The first-order chi connectivity index (χ1) is 12.0. The topological polar surface area (TPSA) is 68.8 Å². The number of nitrogens with zero attached hydrogens (tertiary/aromatic N) is 6. The maximum Gasteiger partial charge on any atom is 0.283 e. The maximum atomic E-state index is 12.7. The van der Waals surface area contributed by atoms with Crippen LogP contribution in [0.15, 0.2) is 29.3 Å². The molecule has 0 aliphatic carbocycles. The zero-order valence-corrected chi connectivity index (χ0v) is 15.2. The van der Waals surface area contributed by atoms with Crippen LogP contribution in [0.5, 0.6) is 0 Å². The summed E-state index contributed by atoms with van der Waals surface area (Å²) < 4.78 is 3.23. The number of benzene rings is 1. The SMILES string of the molecule is CCN(CC)CCn1cnc2c(nnn2-c2ccc(C)c(C)c2)c1=O. The smallest absolute Gasteiger partial charge is 0.283 e. The van der Waals surface area contributed by atoms with Gasteiger partial charge in [0, 0.05) is 13.1 Å². The highest BCUT2D eigenvalue weighted by Crippen LogP contribution is 2.16. The molecule has 0 saturated heterocycles. The Hall–Kier alpha value is -2.54.